The Bertz CT molecular complexity index is 745. The zero-order chi connectivity index (χ0) is 16.2. The Balaban J connectivity index is 1.27. The van der Waals surface area contributed by atoms with Crippen molar-refractivity contribution in [2.45, 2.75) is 18.8 Å². The van der Waals surface area contributed by atoms with Crippen molar-refractivity contribution in [2.24, 2.45) is 0 Å². The molecule has 1 saturated heterocycles. The lowest BCUT2D eigenvalue weighted by Gasteiger charge is -2.30. The van der Waals surface area contributed by atoms with E-state index in [1.54, 1.807) is 0 Å². The number of piperidine rings is 1. The summed E-state index contributed by atoms with van der Waals surface area (Å²) in [6.07, 6.45) is 2.40. The van der Waals surface area contributed by atoms with E-state index in [1.807, 2.05) is 41.7 Å². The first-order valence-corrected chi connectivity index (χ1v) is 9.46. The van der Waals surface area contributed by atoms with E-state index in [-0.39, 0.29) is 0 Å². The van der Waals surface area contributed by atoms with E-state index in [9.17, 15) is 0 Å². The van der Waals surface area contributed by atoms with Crippen LogP contribution in [0.15, 0.2) is 54.6 Å². The molecule has 0 N–H and O–H groups in total. The maximum absolute atomic E-state index is 5.81. The molecule has 3 nitrogen and oxygen atoms in total. The molecule has 0 radical (unpaired) electrons. The lowest BCUT2D eigenvalue weighted by Crippen LogP contribution is -2.35. The molecule has 1 aromatic heterocycles. The van der Waals surface area contributed by atoms with Gasteiger partial charge >= 0.3 is 0 Å². The molecule has 0 saturated carbocycles. The number of para-hydroxylation sites is 2. The number of nitrogens with zero attached hydrogens (tertiary/aromatic N) is 2. The third-order valence-corrected chi connectivity index (χ3v) is 5.87. The predicted molar refractivity (Wildman–Crippen MR) is 100.0 cm³/mol. The molecule has 0 unspecified atom stereocenters. The van der Waals surface area contributed by atoms with Crippen molar-refractivity contribution in [1.82, 2.24) is 9.88 Å². The molecule has 124 valence electrons. The third kappa shape index (κ3) is 3.60. The summed E-state index contributed by atoms with van der Waals surface area (Å²) in [7, 11) is 0. The summed E-state index contributed by atoms with van der Waals surface area (Å²) in [5, 5.41) is 1.32. The molecule has 0 spiro atoms. The van der Waals surface area contributed by atoms with Crippen LogP contribution in [0.3, 0.4) is 0 Å². The van der Waals surface area contributed by atoms with E-state index in [4.69, 9.17) is 9.72 Å². The van der Waals surface area contributed by atoms with Gasteiger partial charge in [-0.2, -0.15) is 0 Å². The van der Waals surface area contributed by atoms with Gasteiger partial charge in [-0.15, -0.1) is 11.3 Å². The highest BCUT2D eigenvalue weighted by Crippen LogP contribution is 2.33. The molecule has 0 bridgehead atoms. The van der Waals surface area contributed by atoms with Gasteiger partial charge in [0.05, 0.1) is 15.2 Å². The number of benzene rings is 2. The number of likely N-dealkylation sites (tertiary alicyclic amines) is 1. The van der Waals surface area contributed by atoms with Gasteiger partial charge in [0, 0.05) is 12.5 Å². The van der Waals surface area contributed by atoms with Gasteiger partial charge in [-0.3, -0.25) is 4.90 Å². The fourth-order valence-electron chi connectivity index (χ4n) is 3.28. The smallest absolute Gasteiger partial charge is 0.119 e. The molecule has 2 heterocycles. The first-order chi connectivity index (χ1) is 11.9. The Morgan fingerprint density at radius 3 is 2.54 bits per heavy atom. The van der Waals surface area contributed by atoms with Crippen molar-refractivity contribution in [3.05, 3.63) is 59.6 Å². The van der Waals surface area contributed by atoms with Crippen LogP contribution in [-0.4, -0.2) is 36.1 Å². The zero-order valence-electron chi connectivity index (χ0n) is 13.7. The van der Waals surface area contributed by atoms with Crippen LogP contribution in [0.1, 0.15) is 23.8 Å². The Labute approximate surface area is 146 Å². The highest BCUT2D eigenvalue weighted by atomic mass is 32.1. The summed E-state index contributed by atoms with van der Waals surface area (Å²) in [6.45, 7) is 4.04. The molecule has 1 fully saturated rings. The fourth-order valence-corrected chi connectivity index (χ4v) is 4.41. The molecule has 4 rings (SSSR count). The summed E-state index contributed by atoms with van der Waals surface area (Å²) in [6, 6.07) is 18.5. The van der Waals surface area contributed by atoms with Crippen LogP contribution in [0, 0.1) is 0 Å². The minimum atomic E-state index is 0.619. The number of hydrogen-bond acceptors (Lipinski definition) is 4. The number of aromatic nitrogens is 1. The molecule has 1 aliphatic rings. The van der Waals surface area contributed by atoms with Crippen molar-refractivity contribution in [3.8, 4) is 5.75 Å². The average Bonchev–Trinajstić information content (AvgIpc) is 3.07. The first-order valence-electron chi connectivity index (χ1n) is 8.64. The van der Waals surface area contributed by atoms with Gasteiger partial charge in [-0.05, 0) is 50.2 Å². The van der Waals surface area contributed by atoms with E-state index in [2.05, 4.69) is 29.2 Å². The highest BCUT2D eigenvalue weighted by molar-refractivity contribution is 7.18. The Morgan fingerprint density at radius 2 is 1.75 bits per heavy atom. The van der Waals surface area contributed by atoms with E-state index in [0.29, 0.717) is 5.92 Å². The van der Waals surface area contributed by atoms with Gasteiger partial charge in [0.1, 0.15) is 12.4 Å². The number of hydrogen-bond donors (Lipinski definition) is 0. The average molecular weight is 338 g/mol. The maximum atomic E-state index is 5.81. The fraction of sp³-hybridized carbons (Fsp3) is 0.350. The molecule has 2 aromatic carbocycles. The Kier molecular flexibility index (Phi) is 4.76. The molecule has 24 heavy (non-hydrogen) atoms. The minimum absolute atomic E-state index is 0.619. The van der Waals surface area contributed by atoms with Gasteiger partial charge in [0.2, 0.25) is 0 Å². The monoisotopic (exact) mass is 338 g/mol. The van der Waals surface area contributed by atoms with Gasteiger partial charge in [-0.25, -0.2) is 4.98 Å². The number of fused-ring (bicyclic) bond motifs is 1. The normalized spacial score (nSPS) is 16.5. The van der Waals surface area contributed by atoms with Crippen molar-refractivity contribution < 1.29 is 4.74 Å². The summed E-state index contributed by atoms with van der Waals surface area (Å²) < 4.78 is 7.12. The molecule has 0 aliphatic carbocycles. The molecule has 0 atom stereocenters. The van der Waals surface area contributed by atoms with Gasteiger partial charge < -0.3 is 4.74 Å². The van der Waals surface area contributed by atoms with Crippen molar-refractivity contribution in [2.75, 3.05) is 26.2 Å². The van der Waals surface area contributed by atoms with Gasteiger partial charge in [-0.1, -0.05) is 30.3 Å². The van der Waals surface area contributed by atoms with Crippen LogP contribution in [0.5, 0.6) is 5.75 Å². The standard InChI is InChI=1S/C20H22N2OS/c1-2-6-17(7-3-1)23-15-14-22-12-10-16(11-13-22)20-21-18-8-4-5-9-19(18)24-20/h1-9,16H,10-15H2. The molecule has 4 heteroatoms. The lowest BCUT2D eigenvalue weighted by atomic mass is 9.97. The minimum Gasteiger partial charge on any atom is -0.492 e. The van der Waals surface area contributed by atoms with Crippen molar-refractivity contribution in [3.63, 3.8) is 0 Å². The second kappa shape index (κ2) is 7.32. The quantitative estimate of drug-likeness (QED) is 0.682. The third-order valence-electron chi connectivity index (χ3n) is 4.67. The lowest BCUT2D eigenvalue weighted by molar-refractivity contribution is 0.173. The summed E-state index contributed by atoms with van der Waals surface area (Å²) >= 11 is 1.87. The Morgan fingerprint density at radius 1 is 1.00 bits per heavy atom. The number of ether oxygens (including phenoxy) is 1. The second-order valence-electron chi connectivity index (χ2n) is 6.30. The molecular formula is C20H22N2OS. The van der Waals surface area contributed by atoms with E-state index < -0.39 is 0 Å². The molecule has 3 aromatic rings. The Hall–Kier alpha value is -1.91. The number of rotatable bonds is 5. The molecular weight excluding hydrogens is 316 g/mol. The van der Waals surface area contributed by atoms with Crippen molar-refractivity contribution >= 4 is 21.6 Å². The topological polar surface area (TPSA) is 25.4 Å². The SMILES string of the molecule is c1ccc(OCCN2CCC(c3nc4ccccc4s3)CC2)cc1. The van der Waals surface area contributed by atoms with E-state index in [0.717, 1.165) is 37.5 Å². The van der Waals surface area contributed by atoms with Crippen LogP contribution in [0.25, 0.3) is 10.2 Å². The van der Waals surface area contributed by atoms with Crippen LogP contribution in [0.2, 0.25) is 0 Å². The highest BCUT2D eigenvalue weighted by Gasteiger charge is 2.23. The maximum Gasteiger partial charge on any atom is 0.119 e. The summed E-state index contributed by atoms with van der Waals surface area (Å²) in [5.41, 5.74) is 1.15. The van der Waals surface area contributed by atoms with Gasteiger partial charge in [0.25, 0.3) is 0 Å². The number of thiazole rings is 1. The predicted octanol–water partition coefficient (Wildman–Crippen LogP) is 4.55. The molecule has 0 amide bonds. The van der Waals surface area contributed by atoms with Gasteiger partial charge in [0.15, 0.2) is 0 Å². The summed E-state index contributed by atoms with van der Waals surface area (Å²) in [5.74, 6) is 1.58. The zero-order valence-corrected chi connectivity index (χ0v) is 14.5. The van der Waals surface area contributed by atoms with Crippen LogP contribution in [-0.2, 0) is 0 Å². The van der Waals surface area contributed by atoms with Crippen LogP contribution in [0.4, 0.5) is 0 Å². The van der Waals surface area contributed by atoms with E-state index >= 15 is 0 Å². The second-order valence-corrected chi connectivity index (χ2v) is 7.36. The van der Waals surface area contributed by atoms with E-state index in [1.165, 1.54) is 22.5 Å². The van der Waals surface area contributed by atoms with Crippen molar-refractivity contribution in [1.29, 1.82) is 0 Å². The first kappa shape index (κ1) is 15.6. The van der Waals surface area contributed by atoms with Crippen LogP contribution < -0.4 is 4.74 Å². The summed E-state index contributed by atoms with van der Waals surface area (Å²) in [4.78, 5) is 7.35. The molecule has 1 aliphatic heterocycles. The van der Waals surface area contributed by atoms with Crippen LogP contribution >= 0.6 is 11.3 Å². The largest absolute Gasteiger partial charge is 0.492 e.